The van der Waals surface area contributed by atoms with E-state index in [2.05, 4.69) is 5.32 Å². The van der Waals surface area contributed by atoms with Crippen molar-refractivity contribution >= 4 is 29.2 Å². The number of nitrogens with one attached hydrogen (secondary N) is 1. The molecular formula is C17H21N3O7. The minimum absolute atomic E-state index is 0.136. The highest BCUT2D eigenvalue weighted by molar-refractivity contribution is 6.02. The normalized spacial score (nSPS) is 12.9. The fourth-order valence-corrected chi connectivity index (χ4v) is 2.66. The number of rotatable bonds is 10. The van der Waals surface area contributed by atoms with E-state index in [1.54, 1.807) is 0 Å². The highest BCUT2D eigenvalue weighted by atomic mass is 16.6. The topological polar surface area (TPSA) is 139 Å². The number of fused-ring (bicyclic) bond motifs is 1. The van der Waals surface area contributed by atoms with Crippen molar-refractivity contribution in [3.05, 3.63) is 28.3 Å². The summed E-state index contributed by atoms with van der Waals surface area (Å²) < 4.78 is 5.25. The van der Waals surface area contributed by atoms with Gasteiger partial charge in [0.2, 0.25) is 5.91 Å². The molecule has 0 aromatic heterocycles. The Labute approximate surface area is 155 Å². The standard InChI is InChI=1S/C17H21N3O7/c21-15(18-8-4-2-1-3-5-17(23)24)10-19-13-9-12(20(25)26)6-7-14(13)27-11-16(19)22/h6-7,9H,1-5,8,10-11H2,(H,18,21)(H,23,24). The second-order valence-electron chi connectivity index (χ2n) is 6.09. The summed E-state index contributed by atoms with van der Waals surface area (Å²) in [5.41, 5.74) is 0.00286. The Hall–Kier alpha value is -3.17. The molecule has 0 fully saturated rings. The summed E-state index contributed by atoms with van der Waals surface area (Å²) in [4.78, 5) is 46.1. The fourth-order valence-electron chi connectivity index (χ4n) is 2.66. The zero-order valence-corrected chi connectivity index (χ0v) is 14.7. The van der Waals surface area contributed by atoms with Crippen molar-refractivity contribution in [2.75, 3.05) is 24.6 Å². The maximum Gasteiger partial charge on any atom is 0.303 e. The molecule has 0 radical (unpaired) electrons. The summed E-state index contributed by atoms with van der Waals surface area (Å²) in [6.45, 7) is -0.0801. The molecule has 2 rings (SSSR count). The number of carbonyl (C=O) groups excluding carboxylic acids is 2. The molecule has 0 saturated carbocycles. The highest BCUT2D eigenvalue weighted by Gasteiger charge is 2.29. The lowest BCUT2D eigenvalue weighted by atomic mass is 10.1. The number of unbranched alkanes of at least 4 members (excludes halogenated alkanes) is 3. The SMILES string of the molecule is O=C(O)CCCCCCNC(=O)CN1C(=O)COc2ccc([N+](=O)[O-])cc21. The third-order valence-corrected chi connectivity index (χ3v) is 4.04. The van der Waals surface area contributed by atoms with E-state index in [1.165, 1.54) is 23.1 Å². The Morgan fingerprint density at radius 3 is 2.70 bits per heavy atom. The van der Waals surface area contributed by atoms with Crippen molar-refractivity contribution in [1.29, 1.82) is 0 Å². The summed E-state index contributed by atoms with van der Waals surface area (Å²) >= 11 is 0. The minimum atomic E-state index is -0.820. The summed E-state index contributed by atoms with van der Waals surface area (Å²) in [5, 5.41) is 22.2. The van der Waals surface area contributed by atoms with E-state index in [0.717, 1.165) is 12.8 Å². The van der Waals surface area contributed by atoms with Gasteiger partial charge in [0.05, 0.1) is 10.6 Å². The van der Waals surface area contributed by atoms with Gasteiger partial charge in [0, 0.05) is 25.1 Å². The maximum absolute atomic E-state index is 12.1. The summed E-state index contributed by atoms with van der Waals surface area (Å²) in [6.07, 6.45) is 2.99. The number of nitrogens with zero attached hydrogens (tertiary/aromatic N) is 2. The van der Waals surface area contributed by atoms with E-state index in [9.17, 15) is 24.5 Å². The van der Waals surface area contributed by atoms with Crippen LogP contribution in [-0.2, 0) is 14.4 Å². The Morgan fingerprint density at radius 1 is 1.26 bits per heavy atom. The molecule has 2 N–H and O–H groups in total. The number of carbonyl (C=O) groups is 3. The second-order valence-corrected chi connectivity index (χ2v) is 6.09. The average Bonchev–Trinajstić information content (AvgIpc) is 2.62. The number of ether oxygens (including phenoxy) is 1. The predicted molar refractivity (Wildman–Crippen MR) is 94.7 cm³/mol. The summed E-state index contributed by atoms with van der Waals surface area (Å²) in [6, 6.07) is 3.89. The molecule has 0 atom stereocenters. The molecule has 0 saturated heterocycles. The van der Waals surface area contributed by atoms with Crippen LogP contribution in [0.2, 0.25) is 0 Å². The first kappa shape index (κ1) is 20.1. The molecule has 2 amide bonds. The Bertz CT molecular complexity index is 735. The maximum atomic E-state index is 12.1. The molecule has 27 heavy (non-hydrogen) atoms. The number of benzene rings is 1. The molecule has 10 heteroatoms. The quantitative estimate of drug-likeness (QED) is 0.356. The first-order chi connectivity index (χ1) is 12.9. The van der Waals surface area contributed by atoms with Crippen LogP contribution in [0.4, 0.5) is 11.4 Å². The smallest absolute Gasteiger partial charge is 0.303 e. The number of non-ortho nitro benzene ring substituents is 1. The second kappa shape index (κ2) is 9.51. The van der Waals surface area contributed by atoms with Gasteiger partial charge in [0.25, 0.3) is 11.6 Å². The number of nitro benzene ring substituents is 1. The Morgan fingerprint density at radius 2 is 2.00 bits per heavy atom. The number of carboxylic acid groups (broad SMARTS) is 1. The van der Waals surface area contributed by atoms with E-state index < -0.39 is 16.8 Å². The van der Waals surface area contributed by atoms with Gasteiger partial charge in [-0.2, -0.15) is 0 Å². The molecule has 1 aromatic rings. The molecule has 0 spiro atoms. The number of aliphatic carboxylic acids is 1. The molecule has 146 valence electrons. The van der Waals surface area contributed by atoms with Gasteiger partial charge in [0.1, 0.15) is 12.3 Å². The zero-order valence-electron chi connectivity index (χ0n) is 14.7. The third kappa shape index (κ3) is 5.94. The monoisotopic (exact) mass is 379 g/mol. The van der Waals surface area contributed by atoms with Gasteiger partial charge >= 0.3 is 5.97 Å². The lowest BCUT2D eigenvalue weighted by Crippen LogP contribution is -2.45. The number of anilines is 1. The molecule has 0 bridgehead atoms. The fraction of sp³-hybridized carbons (Fsp3) is 0.471. The highest BCUT2D eigenvalue weighted by Crippen LogP contribution is 2.35. The number of hydrogen-bond donors (Lipinski definition) is 2. The van der Waals surface area contributed by atoms with Crippen LogP contribution in [-0.4, -0.2) is 47.5 Å². The van der Waals surface area contributed by atoms with E-state index >= 15 is 0 Å². The van der Waals surface area contributed by atoms with Gasteiger partial charge in [0.15, 0.2) is 6.61 Å². The van der Waals surface area contributed by atoms with E-state index in [1.807, 2.05) is 0 Å². The predicted octanol–water partition coefficient (Wildman–Crippen LogP) is 1.47. The Kier molecular flexibility index (Phi) is 7.09. The van der Waals surface area contributed by atoms with Crippen LogP contribution < -0.4 is 15.0 Å². The van der Waals surface area contributed by atoms with Gasteiger partial charge in [-0.1, -0.05) is 12.8 Å². The van der Waals surface area contributed by atoms with Gasteiger partial charge in [-0.15, -0.1) is 0 Å². The van der Waals surface area contributed by atoms with E-state index in [4.69, 9.17) is 9.84 Å². The summed E-state index contributed by atoms with van der Waals surface area (Å²) in [7, 11) is 0. The van der Waals surface area contributed by atoms with Crippen LogP contribution in [0.3, 0.4) is 0 Å². The van der Waals surface area contributed by atoms with Crippen molar-refractivity contribution in [3.8, 4) is 5.75 Å². The lowest BCUT2D eigenvalue weighted by molar-refractivity contribution is -0.384. The molecule has 10 nitrogen and oxygen atoms in total. The first-order valence-electron chi connectivity index (χ1n) is 8.58. The van der Waals surface area contributed by atoms with Crippen LogP contribution in [0.5, 0.6) is 5.75 Å². The molecule has 1 aromatic carbocycles. The van der Waals surface area contributed by atoms with Crippen LogP contribution in [0.25, 0.3) is 0 Å². The van der Waals surface area contributed by atoms with Crippen LogP contribution in [0.1, 0.15) is 32.1 Å². The molecular weight excluding hydrogens is 358 g/mol. The molecule has 1 aliphatic rings. The number of hydrogen-bond acceptors (Lipinski definition) is 6. The number of amides is 2. The summed E-state index contributed by atoms with van der Waals surface area (Å²) in [5.74, 6) is -1.34. The minimum Gasteiger partial charge on any atom is -0.482 e. The molecule has 1 heterocycles. The van der Waals surface area contributed by atoms with Gasteiger partial charge in [-0.3, -0.25) is 29.4 Å². The van der Waals surface area contributed by atoms with Crippen molar-refractivity contribution in [3.63, 3.8) is 0 Å². The molecule has 0 unspecified atom stereocenters. The van der Waals surface area contributed by atoms with Crippen LogP contribution in [0, 0.1) is 10.1 Å². The van der Waals surface area contributed by atoms with Crippen molar-refractivity contribution in [2.24, 2.45) is 0 Å². The average molecular weight is 379 g/mol. The van der Waals surface area contributed by atoms with Crippen molar-refractivity contribution in [2.45, 2.75) is 32.1 Å². The van der Waals surface area contributed by atoms with Crippen LogP contribution >= 0.6 is 0 Å². The number of nitro groups is 1. The van der Waals surface area contributed by atoms with E-state index in [0.29, 0.717) is 25.1 Å². The van der Waals surface area contributed by atoms with Crippen molar-refractivity contribution < 1.29 is 29.2 Å². The number of carboxylic acids is 1. The molecule has 1 aliphatic heterocycles. The van der Waals surface area contributed by atoms with Crippen LogP contribution in [0.15, 0.2) is 18.2 Å². The zero-order chi connectivity index (χ0) is 19.8. The van der Waals surface area contributed by atoms with Crippen molar-refractivity contribution in [1.82, 2.24) is 5.32 Å². The van der Waals surface area contributed by atoms with Gasteiger partial charge in [-0.25, -0.2) is 0 Å². The van der Waals surface area contributed by atoms with Gasteiger partial charge in [-0.05, 0) is 18.9 Å². The molecule has 0 aliphatic carbocycles. The largest absolute Gasteiger partial charge is 0.482 e. The lowest BCUT2D eigenvalue weighted by Gasteiger charge is -2.28. The first-order valence-corrected chi connectivity index (χ1v) is 8.58. The Balaban J connectivity index is 1.85. The van der Waals surface area contributed by atoms with E-state index in [-0.39, 0.29) is 36.9 Å². The van der Waals surface area contributed by atoms with Gasteiger partial charge < -0.3 is 15.2 Å². The third-order valence-electron chi connectivity index (χ3n) is 4.04.